The number of hydrogen-bond acceptors (Lipinski definition) is 3. The molecule has 0 radical (unpaired) electrons. The zero-order valence-corrected chi connectivity index (χ0v) is 18.5. The summed E-state index contributed by atoms with van der Waals surface area (Å²) in [5.74, 6) is 4.91. The van der Waals surface area contributed by atoms with Gasteiger partial charge in [0.2, 0.25) is 0 Å². The quantitative estimate of drug-likeness (QED) is 0.554. The van der Waals surface area contributed by atoms with E-state index in [1.807, 2.05) is 0 Å². The zero-order valence-electron chi connectivity index (χ0n) is 18.5. The number of methoxy groups -OCH3 is 1. The monoisotopic (exact) mass is 398 g/mol. The van der Waals surface area contributed by atoms with E-state index in [-0.39, 0.29) is 17.3 Å². The molecule has 6 fully saturated rings. The summed E-state index contributed by atoms with van der Waals surface area (Å²) < 4.78 is 5.21. The van der Waals surface area contributed by atoms with E-state index in [2.05, 4.69) is 13.8 Å². The van der Waals surface area contributed by atoms with Crippen molar-refractivity contribution in [3.8, 4) is 0 Å². The summed E-state index contributed by atoms with van der Waals surface area (Å²) in [6, 6.07) is 0. The van der Waals surface area contributed by atoms with Crippen LogP contribution in [0.2, 0.25) is 0 Å². The van der Waals surface area contributed by atoms with Crippen LogP contribution in [0, 0.1) is 57.7 Å². The number of ketones is 1. The molecule has 0 amide bonds. The minimum atomic E-state index is 0.0306. The molecule has 29 heavy (non-hydrogen) atoms. The van der Waals surface area contributed by atoms with Crippen LogP contribution in [-0.2, 0) is 14.3 Å². The van der Waals surface area contributed by atoms with E-state index in [1.54, 1.807) is 7.11 Å². The molecule has 6 aliphatic carbocycles. The van der Waals surface area contributed by atoms with Crippen molar-refractivity contribution in [3.63, 3.8) is 0 Å². The molecular weight excluding hydrogens is 360 g/mol. The lowest BCUT2D eigenvalue weighted by molar-refractivity contribution is -0.265. The average molecular weight is 399 g/mol. The first-order valence-electron chi connectivity index (χ1n) is 12.5. The Morgan fingerprint density at radius 2 is 1.72 bits per heavy atom. The van der Waals surface area contributed by atoms with Crippen LogP contribution in [0.25, 0.3) is 0 Å². The fraction of sp³-hybridized carbons (Fsp3) is 0.923. The molecule has 0 heterocycles. The van der Waals surface area contributed by atoms with Crippen LogP contribution in [0.4, 0.5) is 0 Å². The first kappa shape index (κ1) is 18.9. The second-order valence-corrected chi connectivity index (χ2v) is 12.2. The highest BCUT2D eigenvalue weighted by atomic mass is 16.5. The molecule has 0 aromatic carbocycles. The molecule has 0 aromatic heterocycles. The van der Waals surface area contributed by atoms with E-state index in [0.29, 0.717) is 28.4 Å². The Labute approximate surface area is 175 Å². The van der Waals surface area contributed by atoms with Crippen LogP contribution in [0.1, 0.15) is 84.5 Å². The zero-order chi connectivity index (χ0) is 20.2. The maximum Gasteiger partial charge on any atom is 0.309 e. The fourth-order valence-electron chi connectivity index (χ4n) is 11.2. The summed E-state index contributed by atoms with van der Waals surface area (Å²) in [7, 11) is 1.56. The molecule has 0 aliphatic heterocycles. The predicted octanol–water partition coefficient (Wildman–Crippen LogP) is 5.41. The van der Waals surface area contributed by atoms with Crippen molar-refractivity contribution in [1.29, 1.82) is 0 Å². The number of fused-ring (bicyclic) bond motifs is 6. The smallest absolute Gasteiger partial charge is 0.309 e. The molecule has 6 rings (SSSR count). The molecular formula is C26H38O3. The molecule has 6 saturated carbocycles. The minimum absolute atomic E-state index is 0.0306. The van der Waals surface area contributed by atoms with Gasteiger partial charge in [-0.05, 0) is 104 Å². The largest absolute Gasteiger partial charge is 0.469 e. The second kappa shape index (κ2) is 5.88. The summed E-state index contributed by atoms with van der Waals surface area (Å²) in [6.45, 7) is 5.02. The standard InChI is InChI=1S/C26H38O3/c1-24-12-10-18-15(17(24)7-8-20(24)23(28)29-3)9-14-26-19-6-4-5-16(19)22(26)21(27)11-13-25(18,26)2/h15-20,22H,4-14H2,1-3H3/t15-,16?,17-,18-,19?,20+,22+,24-,25+,26+/m0/s1. The topological polar surface area (TPSA) is 43.4 Å². The Kier molecular flexibility index (Phi) is 3.83. The Bertz CT molecular complexity index is 759. The van der Waals surface area contributed by atoms with E-state index >= 15 is 0 Å². The number of esters is 1. The minimum Gasteiger partial charge on any atom is -0.469 e. The fourth-order valence-corrected chi connectivity index (χ4v) is 11.2. The van der Waals surface area contributed by atoms with E-state index in [4.69, 9.17) is 4.74 Å². The number of hydrogen-bond donors (Lipinski definition) is 0. The second-order valence-electron chi connectivity index (χ2n) is 12.2. The van der Waals surface area contributed by atoms with Gasteiger partial charge in [-0.1, -0.05) is 20.3 Å². The SMILES string of the molecule is COC(=O)[C@H]1CC[C@H]2[C@@H]3CC[C@@]45C6CCCC6[C@@H]4C(=O)CC[C@]5(C)[C@H]3CC[C@]12C. The normalized spacial score (nSPS) is 57.6. The number of rotatable bonds is 1. The van der Waals surface area contributed by atoms with Gasteiger partial charge in [0.1, 0.15) is 5.78 Å². The van der Waals surface area contributed by atoms with Gasteiger partial charge in [-0.2, -0.15) is 0 Å². The Hall–Kier alpha value is -0.860. The van der Waals surface area contributed by atoms with Crippen LogP contribution in [0.15, 0.2) is 0 Å². The third-order valence-corrected chi connectivity index (χ3v) is 12.1. The summed E-state index contributed by atoms with van der Waals surface area (Å²) in [5.41, 5.74) is 0.817. The first-order valence-corrected chi connectivity index (χ1v) is 12.5. The lowest BCUT2D eigenvalue weighted by Crippen LogP contribution is -2.72. The maximum atomic E-state index is 13.1. The Morgan fingerprint density at radius 1 is 0.897 bits per heavy atom. The molecule has 160 valence electrons. The summed E-state index contributed by atoms with van der Waals surface area (Å²) in [5, 5.41) is 0. The van der Waals surface area contributed by atoms with Crippen molar-refractivity contribution >= 4 is 11.8 Å². The van der Waals surface area contributed by atoms with Crippen molar-refractivity contribution in [1.82, 2.24) is 0 Å². The molecule has 10 atom stereocenters. The van der Waals surface area contributed by atoms with Gasteiger partial charge in [-0.15, -0.1) is 0 Å². The number of carbonyl (C=O) groups is 2. The van der Waals surface area contributed by atoms with Gasteiger partial charge < -0.3 is 4.74 Å². The van der Waals surface area contributed by atoms with Gasteiger partial charge in [0, 0.05) is 12.3 Å². The van der Waals surface area contributed by atoms with E-state index in [9.17, 15) is 9.59 Å². The van der Waals surface area contributed by atoms with Crippen molar-refractivity contribution < 1.29 is 14.3 Å². The van der Waals surface area contributed by atoms with Gasteiger partial charge in [0.25, 0.3) is 0 Å². The van der Waals surface area contributed by atoms with Crippen LogP contribution in [-0.4, -0.2) is 18.9 Å². The van der Waals surface area contributed by atoms with Gasteiger partial charge in [0.05, 0.1) is 13.0 Å². The van der Waals surface area contributed by atoms with Crippen molar-refractivity contribution in [2.75, 3.05) is 7.11 Å². The molecule has 0 bridgehead atoms. The maximum absolute atomic E-state index is 13.1. The highest BCUT2D eigenvalue weighted by Gasteiger charge is 2.76. The molecule has 0 saturated heterocycles. The molecule has 3 nitrogen and oxygen atoms in total. The molecule has 3 heteroatoms. The molecule has 0 aromatic rings. The number of Topliss-reactive ketones (excluding diaryl/α,β-unsaturated/α-hetero) is 1. The van der Waals surface area contributed by atoms with Crippen LogP contribution >= 0.6 is 0 Å². The van der Waals surface area contributed by atoms with Crippen molar-refractivity contribution in [2.45, 2.75) is 84.5 Å². The summed E-state index contributed by atoms with van der Waals surface area (Å²) in [6.07, 6.45) is 13.3. The van der Waals surface area contributed by atoms with Gasteiger partial charge in [-0.25, -0.2) is 0 Å². The van der Waals surface area contributed by atoms with Crippen molar-refractivity contribution in [2.24, 2.45) is 57.7 Å². The highest BCUT2D eigenvalue weighted by molar-refractivity contribution is 5.85. The lowest BCUT2D eigenvalue weighted by Gasteiger charge is -2.75. The summed E-state index contributed by atoms with van der Waals surface area (Å²) >= 11 is 0. The van der Waals surface area contributed by atoms with E-state index < -0.39 is 0 Å². The van der Waals surface area contributed by atoms with Gasteiger partial charge in [0.15, 0.2) is 0 Å². The molecule has 0 N–H and O–H groups in total. The van der Waals surface area contributed by atoms with Crippen LogP contribution in [0.5, 0.6) is 0 Å². The average Bonchev–Trinajstić information content (AvgIpc) is 3.27. The molecule has 1 spiro atoms. The Balaban J connectivity index is 1.36. The van der Waals surface area contributed by atoms with Crippen molar-refractivity contribution in [3.05, 3.63) is 0 Å². The molecule has 6 aliphatic rings. The molecule has 2 unspecified atom stereocenters. The third-order valence-electron chi connectivity index (χ3n) is 12.1. The van der Waals surface area contributed by atoms with E-state index in [1.165, 1.54) is 51.4 Å². The van der Waals surface area contributed by atoms with Crippen LogP contribution < -0.4 is 0 Å². The van der Waals surface area contributed by atoms with Gasteiger partial charge in [-0.3, -0.25) is 9.59 Å². The van der Waals surface area contributed by atoms with E-state index in [0.717, 1.165) is 42.9 Å². The predicted molar refractivity (Wildman–Crippen MR) is 111 cm³/mol. The third kappa shape index (κ3) is 1.98. The lowest BCUT2D eigenvalue weighted by atomic mass is 9.28. The highest BCUT2D eigenvalue weighted by Crippen LogP contribution is 2.80. The number of carbonyl (C=O) groups excluding carboxylic acids is 2. The van der Waals surface area contributed by atoms with Crippen LogP contribution in [0.3, 0.4) is 0 Å². The first-order chi connectivity index (χ1) is 13.9. The summed E-state index contributed by atoms with van der Waals surface area (Å²) in [4.78, 5) is 25.6. The van der Waals surface area contributed by atoms with Gasteiger partial charge >= 0.3 is 5.97 Å². The Morgan fingerprint density at radius 3 is 2.52 bits per heavy atom. The number of ether oxygens (including phenoxy) is 1.